The molecule has 1 heterocycles. The Kier molecular flexibility index (Phi) is 3.91. The molecule has 2 rings (SSSR count). The number of hydrogen-bond donors (Lipinski definition) is 1. The largest absolute Gasteiger partial charge is 0.478 e. The minimum absolute atomic E-state index is 0.0780. The van der Waals surface area contributed by atoms with Crippen molar-refractivity contribution in [1.82, 2.24) is 4.90 Å². The zero-order valence-corrected chi connectivity index (χ0v) is 10.9. The summed E-state index contributed by atoms with van der Waals surface area (Å²) in [5.41, 5.74) is 0.361. The molecule has 1 aliphatic heterocycles. The summed E-state index contributed by atoms with van der Waals surface area (Å²) in [5.74, 6) is -0.317. The van der Waals surface area contributed by atoms with Gasteiger partial charge in [-0.3, -0.25) is 4.79 Å². The van der Waals surface area contributed by atoms with E-state index in [-0.39, 0.29) is 22.4 Å². The van der Waals surface area contributed by atoms with Crippen LogP contribution < -0.4 is 0 Å². The molecule has 1 saturated heterocycles. The molecule has 1 aliphatic rings. The smallest absolute Gasteiger partial charge is 0.336 e. The molecule has 0 aromatic heterocycles. The quantitative estimate of drug-likeness (QED) is 0.911. The van der Waals surface area contributed by atoms with Crippen LogP contribution in [0, 0.1) is 0 Å². The van der Waals surface area contributed by atoms with Crippen molar-refractivity contribution in [3.63, 3.8) is 0 Å². The third kappa shape index (κ3) is 2.36. The average molecular weight is 265 g/mol. The lowest BCUT2D eigenvalue weighted by Crippen LogP contribution is -2.35. The van der Waals surface area contributed by atoms with Gasteiger partial charge in [0.1, 0.15) is 0 Å². The fraction of sp³-hybridized carbons (Fsp3) is 0.385. The van der Waals surface area contributed by atoms with Crippen LogP contribution >= 0.6 is 11.8 Å². The lowest BCUT2D eigenvalue weighted by Gasteiger charge is -2.23. The van der Waals surface area contributed by atoms with E-state index in [1.807, 2.05) is 6.92 Å². The Morgan fingerprint density at radius 3 is 2.67 bits per heavy atom. The van der Waals surface area contributed by atoms with Crippen molar-refractivity contribution in [2.45, 2.75) is 18.7 Å². The number of benzene rings is 1. The molecule has 18 heavy (non-hydrogen) atoms. The maximum Gasteiger partial charge on any atom is 0.336 e. The number of amides is 1. The summed E-state index contributed by atoms with van der Waals surface area (Å²) >= 11 is 1.75. The van der Waals surface area contributed by atoms with Gasteiger partial charge in [0.15, 0.2) is 0 Å². The Hall–Kier alpha value is -1.49. The van der Waals surface area contributed by atoms with Gasteiger partial charge in [0.25, 0.3) is 5.91 Å². The van der Waals surface area contributed by atoms with Crippen LogP contribution in [-0.4, -0.2) is 39.6 Å². The standard InChI is InChI=1S/C13H15NO3S/c1-2-11-14(7-8-18-11)12(15)9-5-3-4-6-10(9)13(16)17/h3-6,11H,2,7-8H2,1H3,(H,16,17). The molecule has 1 amide bonds. The zero-order valence-electron chi connectivity index (χ0n) is 10.1. The normalized spacial score (nSPS) is 18.9. The lowest BCUT2D eigenvalue weighted by atomic mass is 10.1. The number of carboxylic acids is 1. The third-order valence-corrected chi connectivity index (χ3v) is 4.38. The monoisotopic (exact) mass is 265 g/mol. The van der Waals surface area contributed by atoms with E-state index in [0.29, 0.717) is 6.54 Å². The van der Waals surface area contributed by atoms with Crippen molar-refractivity contribution in [3.05, 3.63) is 35.4 Å². The van der Waals surface area contributed by atoms with Gasteiger partial charge in [0, 0.05) is 12.3 Å². The van der Waals surface area contributed by atoms with Gasteiger partial charge in [0.05, 0.1) is 16.5 Å². The fourth-order valence-corrected chi connectivity index (χ4v) is 3.29. The second-order valence-electron chi connectivity index (χ2n) is 4.08. The molecule has 1 unspecified atom stereocenters. The van der Waals surface area contributed by atoms with Crippen LogP contribution in [0.25, 0.3) is 0 Å². The Balaban J connectivity index is 2.31. The molecular weight excluding hydrogens is 250 g/mol. The van der Waals surface area contributed by atoms with Gasteiger partial charge in [-0.1, -0.05) is 19.1 Å². The van der Waals surface area contributed by atoms with Crippen LogP contribution in [0.3, 0.4) is 0 Å². The fourth-order valence-electron chi connectivity index (χ4n) is 2.10. The van der Waals surface area contributed by atoms with Crippen molar-refractivity contribution < 1.29 is 14.7 Å². The summed E-state index contributed by atoms with van der Waals surface area (Å²) in [6.07, 6.45) is 0.881. The highest BCUT2D eigenvalue weighted by atomic mass is 32.2. The Bertz CT molecular complexity index is 475. The zero-order chi connectivity index (χ0) is 13.1. The van der Waals surface area contributed by atoms with E-state index in [0.717, 1.165) is 12.2 Å². The summed E-state index contributed by atoms with van der Waals surface area (Å²) in [7, 11) is 0. The molecule has 5 heteroatoms. The predicted molar refractivity (Wildman–Crippen MR) is 71.0 cm³/mol. The van der Waals surface area contributed by atoms with Crippen LogP contribution in [0.1, 0.15) is 34.1 Å². The van der Waals surface area contributed by atoms with Gasteiger partial charge < -0.3 is 10.0 Å². The van der Waals surface area contributed by atoms with Gasteiger partial charge in [-0.05, 0) is 18.6 Å². The van der Waals surface area contributed by atoms with E-state index in [4.69, 9.17) is 5.11 Å². The molecule has 1 aromatic carbocycles. The number of rotatable bonds is 3. The number of thioether (sulfide) groups is 1. The third-order valence-electron chi connectivity index (χ3n) is 2.99. The number of carboxylic acid groups (broad SMARTS) is 1. The number of carbonyl (C=O) groups excluding carboxylic acids is 1. The highest BCUT2D eigenvalue weighted by Crippen LogP contribution is 2.28. The molecule has 1 N–H and O–H groups in total. The highest BCUT2D eigenvalue weighted by Gasteiger charge is 2.30. The van der Waals surface area contributed by atoms with Crippen molar-refractivity contribution >= 4 is 23.6 Å². The maximum atomic E-state index is 12.4. The van der Waals surface area contributed by atoms with Crippen LogP contribution in [0.2, 0.25) is 0 Å². The topological polar surface area (TPSA) is 57.6 Å². The first-order valence-electron chi connectivity index (χ1n) is 5.90. The Morgan fingerprint density at radius 2 is 2.06 bits per heavy atom. The van der Waals surface area contributed by atoms with Crippen molar-refractivity contribution in [2.75, 3.05) is 12.3 Å². The van der Waals surface area contributed by atoms with Gasteiger partial charge in [-0.25, -0.2) is 4.79 Å². The predicted octanol–water partition coefficient (Wildman–Crippen LogP) is 2.31. The number of aromatic carboxylic acids is 1. The second kappa shape index (κ2) is 5.44. The van der Waals surface area contributed by atoms with Crippen molar-refractivity contribution in [3.8, 4) is 0 Å². The summed E-state index contributed by atoms with van der Waals surface area (Å²) in [6.45, 7) is 2.72. The van der Waals surface area contributed by atoms with Crippen molar-refractivity contribution in [1.29, 1.82) is 0 Å². The summed E-state index contributed by atoms with van der Waals surface area (Å²) in [4.78, 5) is 25.3. The minimum atomic E-state index is -1.06. The molecule has 1 aromatic rings. The highest BCUT2D eigenvalue weighted by molar-refractivity contribution is 8.00. The minimum Gasteiger partial charge on any atom is -0.478 e. The van der Waals surface area contributed by atoms with Crippen LogP contribution in [0.4, 0.5) is 0 Å². The van der Waals surface area contributed by atoms with E-state index in [9.17, 15) is 9.59 Å². The van der Waals surface area contributed by atoms with Gasteiger partial charge in [-0.15, -0.1) is 11.8 Å². The second-order valence-corrected chi connectivity index (χ2v) is 5.37. The molecule has 0 radical (unpaired) electrons. The lowest BCUT2D eigenvalue weighted by molar-refractivity contribution is 0.0675. The van der Waals surface area contributed by atoms with Crippen LogP contribution in [-0.2, 0) is 0 Å². The Labute approximate surface area is 110 Å². The van der Waals surface area contributed by atoms with Gasteiger partial charge in [-0.2, -0.15) is 0 Å². The van der Waals surface area contributed by atoms with E-state index < -0.39 is 5.97 Å². The molecule has 1 fully saturated rings. The van der Waals surface area contributed by atoms with E-state index in [1.165, 1.54) is 6.07 Å². The van der Waals surface area contributed by atoms with E-state index in [2.05, 4.69) is 0 Å². The molecular formula is C13H15NO3S. The first kappa shape index (κ1) is 13.0. The van der Waals surface area contributed by atoms with Gasteiger partial charge in [0.2, 0.25) is 0 Å². The molecule has 0 bridgehead atoms. The van der Waals surface area contributed by atoms with E-state index in [1.54, 1.807) is 34.9 Å². The first-order chi connectivity index (χ1) is 8.65. The number of nitrogens with zero attached hydrogens (tertiary/aromatic N) is 1. The summed E-state index contributed by atoms with van der Waals surface area (Å²) in [6, 6.07) is 6.39. The van der Waals surface area contributed by atoms with Gasteiger partial charge >= 0.3 is 5.97 Å². The number of carbonyl (C=O) groups is 2. The summed E-state index contributed by atoms with van der Waals surface area (Å²) in [5, 5.41) is 9.27. The maximum absolute atomic E-state index is 12.4. The molecule has 0 aliphatic carbocycles. The summed E-state index contributed by atoms with van der Waals surface area (Å²) < 4.78 is 0. The number of hydrogen-bond acceptors (Lipinski definition) is 3. The Morgan fingerprint density at radius 1 is 1.39 bits per heavy atom. The molecule has 0 spiro atoms. The van der Waals surface area contributed by atoms with Crippen LogP contribution in [0.15, 0.2) is 24.3 Å². The molecule has 0 saturated carbocycles. The first-order valence-corrected chi connectivity index (χ1v) is 6.95. The van der Waals surface area contributed by atoms with Crippen LogP contribution in [0.5, 0.6) is 0 Å². The molecule has 96 valence electrons. The van der Waals surface area contributed by atoms with Crippen molar-refractivity contribution in [2.24, 2.45) is 0 Å². The molecule has 1 atom stereocenters. The average Bonchev–Trinajstić information content (AvgIpc) is 2.86. The SMILES string of the molecule is CCC1SCCN1C(=O)c1ccccc1C(=O)O. The molecule has 4 nitrogen and oxygen atoms in total. The van der Waals surface area contributed by atoms with E-state index >= 15 is 0 Å².